The van der Waals surface area contributed by atoms with Crippen molar-refractivity contribution in [3.05, 3.63) is 0 Å². The number of aliphatic imine (C=N–C) groups is 1. The summed E-state index contributed by atoms with van der Waals surface area (Å²) in [4.78, 5) is 16.0. The van der Waals surface area contributed by atoms with Gasteiger partial charge < -0.3 is 16.0 Å². The van der Waals surface area contributed by atoms with Crippen LogP contribution < -0.4 is 16.0 Å². The van der Waals surface area contributed by atoms with Gasteiger partial charge in [-0.3, -0.25) is 9.79 Å². The predicted molar refractivity (Wildman–Crippen MR) is 81.4 cm³/mol. The van der Waals surface area contributed by atoms with Crippen molar-refractivity contribution in [3.8, 4) is 0 Å². The molecule has 112 valence electrons. The Morgan fingerprint density at radius 3 is 2.37 bits per heavy atom. The van der Waals surface area contributed by atoms with Crippen molar-refractivity contribution >= 4 is 11.9 Å². The lowest BCUT2D eigenvalue weighted by atomic mass is 10.1. The van der Waals surface area contributed by atoms with Gasteiger partial charge in [-0.2, -0.15) is 0 Å². The molecule has 5 nitrogen and oxygen atoms in total. The van der Waals surface area contributed by atoms with Gasteiger partial charge in [-0.1, -0.05) is 6.92 Å². The summed E-state index contributed by atoms with van der Waals surface area (Å²) < 4.78 is 0. The SMILES string of the molecule is CCNC(=NCCC(=O)NC(C)CC)NC(C)(C)C. The summed E-state index contributed by atoms with van der Waals surface area (Å²) in [5.41, 5.74) is -0.0417. The Morgan fingerprint density at radius 1 is 1.26 bits per heavy atom. The van der Waals surface area contributed by atoms with Crippen LogP contribution in [0.15, 0.2) is 4.99 Å². The maximum Gasteiger partial charge on any atom is 0.222 e. The molecule has 0 aliphatic heterocycles. The molecule has 0 saturated carbocycles. The van der Waals surface area contributed by atoms with E-state index in [-0.39, 0.29) is 17.5 Å². The monoisotopic (exact) mass is 270 g/mol. The fraction of sp³-hybridized carbons (Fsp3) is 0.857. The summed E-state index contributed by atoms with van der Waals surface area (Å²) in [7, 11) is 0. The van der Waals surface area contributed by atoms with Crippen LogP contribution in [0.3, 0.4) is 0 Å². The minimum atomic E-state index is -0.0417. The maximum atomic E-state index is 11.6. The van der Waals surface area contributed by atoms with Crippen molar-refractivity contribution in [1.29, 1.82) is 0 Å². The minimum absolute atomic E-state index is 0.0417. The number of rotatable bonds is 6. The number of hydrogen-bond donors (Lipinski definition) is 3. The molecule has 0 aromatic carbocycles. The Kier molecular flexibility index (Phi) is 8.19. The third-order valence-corrected chi connectivity index (χ3v) is 2.47. The van der Waals surface area contributed by atoms with Gasteiger partial charge in [0.05, 0.1) is 6.54 Å². The third-order valence-electron chi connectivity index (χ3n) is 2.47. The molecule has 0 aliphatic rings. The van der Waals surface area contributed by atoms with Crippen molar-refractivity contribution in [1.82, 2.24) is 16.0 Å². The Hall–Kier alpha value is -1.26. The number of carbonyl (C=O) groups excluding carboxylic acids is 1. The molecule has 3 N–H and O–H groups in total. The van der Waals surface area contributed by atoms with Gasteiger partial charge in [0.25, 0.3) is 0 Å². The van der Waals surface area contributed by atoms with E-state index in [0.717, 1.165) is 18.9 Å². The highest BCUT2D eigenvalue weighted by molar-refractivity contribution is 5.81. The van der Waals surface area contributed by atoms with Crippen LogP contribution in [-0.2, 0) is 4.79 Å². The fourth-order valence-corrected chi connectivity index (χ4v) is 1.38. The van der Waals surface area contributed by atoms with E-state index in [9.17, 15) is 4.79 Å². The summed E-state index contributed by atoms with van der Waals surface area (Å²) >= 11 is 0. The molecule has 0 radical (unpaired) electrons. The van der Waals surface area contributed by atoms with Crippen molar-refractivity contribution in [2.24, 2.45) is 4.99 Å². The van der Waals surface area contributed by atoms with Crippen molar-refractivity contribution in [2.75, 3.05) is 13.1 Å². The zero-order chi connectivity index (χ0) is 14.9. The van der Waals surface area contributed by atoms with Crippen LogP contribution >= 0.6 is 0 Å². The summed E-state index contributed by atoms with van der Waals surface area (Å²) in [6.07, 6.45) is 1.37. The standard InChI is InChI=1S/C14H30N4O/c1-7-11(3)17-12(19)9-10-16-13(15-8-2)18-14(4,5)6/h11H,7-10H2,1-6H3,(H,17,19)(H2,15,16,18). The van der Waals surface area contributed by atoms with E-state index in [2.05, 4.69) is 48.6 Å². The van der Waals surface area contributed by atoms with Gasteiger partial charge in [-0.05, 0) is 41.0 Å². The first-order valence-corrected chi connectivity index (χ1v) is 7.14. The normalized spacial score (nSPS) is 13.9. The number of guanidine groups is 1. The zero-order valence-electron chi connectivity index (χ0n) is 13.3. The Labute approximate surface area is 117 Å². The van der Waals surface area contributed by atoms with Crippen LogP contribution in [0, 0.1) is 0 Å². The molecule has 0 rings (SSSR count). The second kappa shape index (κ2) is 8.77. The fourth-order valence-electron chi connectivity index (χ4n) is 1.38. The molecule has 0 aliphatic carbocycles. The van der Waals surface area contributed by atoms with Gasteiger partial charge in [-0.25, -0.2) is 0 Å². The molecule has 0 aromatic rings. The number of carbonyl (C=O) groups is 1. The Morgan fingerprint density at radius 2 is 1.89 bits per heavy atom. The smallest absolute Gasteiger partial charge is 0.222 e. The largest absolute Gasteiger partial charge is 0.357 e. The lowest BCUT2D eigenvalue weighted by Crippen LogP contribution is -2.47. The molecule has 19 heavy (non-hydrogen) atoms. The minimum Gasteiger partial charge on any atom is -0.357 e. The zero-order valence-corrected chi connectivity index (χ0v) is 13.3. The molecule has 0 heterocycles. The number of nitrogens with zero attached hydrogens (tertiary/aromatic N) is 1. The topological polar surface area (TPSA) is 65.5 Å². The lowest BCUT2D eigenvalue weighted by Gasteiger charge is -2.23. The third kappa shape index (κ3) is 10.4. The number of hydrogen-bond acceptors (Lipinski definition) is 2. The van der Waals surface area contributed by atoms with E-state index >= 15 is 0 Å². The second-order valence-corrected chi connectivity index (χ2v) is 5.76. The second-order valence-electron chi connectivity index (χ2n) is 5.76. The van der Waals surface area contributed by atoms with Gasteiger partial charge >= 0.3 is 0 Å². The van der Waals surface area contributed by atoms with E-state index in [1.54, 1.807) is 0 Å². The highest BCUT2D eigenvalue weighted by Crippen LogP contribution is 1.98. The van der Waals surface area contributed by atoms with Gasteiger partial charge in [0.1, 0.15) is 0 Å². The summed E-state index contributed by atoms with van der Waals surface area (Å²) in [5.74, 6) is 0.816. The van der Waals surface area contributed by atoms with Crippen LogP contribution in [0.2, 0.25) is 0 Å². The van der Waals surface area contributed by atoms with Crippen LogP contribution in [0.1, 0.15) is 54.4 Å². The van der Waals surface area contributed by atoms with Crippen molar-refractivity contribution < 1.29 is 4.79 Å². The Bertz CT molecular complexity index is 294. The molecule has 0 fully saturated rings. The van der Waals surface area contributed by atoms with Gasteiger partial charge in [0.2, 0.25) is 5.91 Å². The summed E-state index contributed by atoms with van der Waals surface area (Å²) in [5, 5.41) is 9.40. The maximum absolute atomic E-state index is 11.6. The first kappa shape index (κ1) is 17.7. The molecule has 0 aromatic heterocycles. The van der Waals surface area contributed by atoms with Gasteiger partial charge in [0, 0.05) is 24.5 Å². The van der Waals surface area contributed by atoms with E-state index in [4.69, 9.17) is 0 Å². The average Bonchev–Trinajstić information content (AvgIpc) is 2.26. The van der Waals surface area contributed by atoms with Crippen molar-refractivity contribution in [3.63, 3.8) is 0 Å². The average molecular weight is 270 g/mol. The molecule has 1 atom stereocenters. The first-order valence-electron chi connectivity index (χ1n) is 7.14. The number of amides is 1. The van der Waals surface area contributed by atoms with Crippen LogP contribution in [0.25, 0.3) is 0 Å². The number of nitrogens with one attached hydrogen (secondary N) is 3. The highest BCUT2D eigenvalue weighted by atomic mass is 16.1. The molecule has 0 bridgehead atoms. The molecule has 0 spiro atoms. The van der Waals surface area contributed by atoms with Crippen LogP contribution in [-0.4, -0.2) is 36.5 Å². The van der Waals surface area contributed by atoms with E-state index in [0.29, 0.717) is 13.0 Å². The predicted octanol–water partition coefficient (Wildman–Crippen LogP) is 1.64. The molecule has 1 unspecified atom stereocenters. The molecular formula is C14H30N4O. The first-order chi connectivity index (χ1) is 8.78. The summed E-state index contributed by atoms with van der Waals surface area (Å²) in [6.45, 7) is 13.6. The summed E-state index contributed by atoms with van der Waals surface area (Å²) in [6, 6.07) is 0.234. The van der Waals surface area contributed by atoms with Crippen LogP contribution in [0.5, 0.6) is 0 Å². The van der Waals surface area contributed by atoms with E-state index in [1.807, 2.05) is 13.8 Å². The quantitative estimate of drug-likeness (QED) is 0.508. The highest BCUT2D eigenvalue weighted by Gasteiger charge is 2.11. The molecule has 5 heteroatoms. The molecule has 0 saturated heterocycles. The lowest BCUT2D eigenvalue weighted by molar-refractivity contribution is -0.121. The van der Waals surface area contributed by atoms with Gasteiger partial charge in [-0.15, -0.1) is 0 Å². The van der Waals surface area contributed by atoms with E-state index in [1.165, 1.54) is 0 Å². The van der Waals surface area contributed by atoms with Gasteiger partial charge in [0.15, 0.2) is 5.96 Å². The molecule has 1 amide bonds. The van der Waals surface area contributed by atoms with Crippen LogP contribution in [0.4, 0.5) is 0 Å². The Balaban J connectivity index is 4.20. The van der Waals surface area contributed by atoms with E-state index < -0.39 is 0 Å². The van der Waals surface area contributed by atoms with Crippen molar-refractivity contribution in [2.45, 2.75) is 66.0 Å². The molecular weight excluding hydrogens is 240 g/mol.